The molecule has 1 fully saturated rings. The van der Waals surface area contributed by atoms with Crippen molar-refractivity contribution in [3.05, 3.63) is 10.4 Å². The maximum Gasteiger partial charge on any atom is 0.350 e. The zero-order chi connectivity index (χ0) is 14.7. The number of nitrogens with zero attached hydrogens (tertiary/aromatic N) is 1. The molecule has 1 aliphatic heterocycles. The summed E-state index contributed by atoms with van der Waals surface area (Å²) < 4.78 is 4.97. The van der Waals surface area contributed by atoms with Crippen LogP contribution in [0.15, 0.2) is 0 Å². The standard InChI is InChI=1S/C13H19N3O3S/c1-2-19-13(18)10-9(14)8(11(15)17)12(20-10)16-6-4-3-5-7-16/h2-7,14H2,1H3,(H2,15,17). The molecule has 110 valence electrons. The van der Waals surface area contributed by atoms with Gasteiger partial charge in [0.1, 0.15) is 9.88 Å². The molecular formula is C13H19N3O3S. The van der Waals surface area contributed by atoms with E-state index in [9.17, 15) is 9.59 Å². The first kappa shape index (κ1) is 14.6. The van der Waals surface area contributed by atoms with Crippen LogP contribution in [0.4, 0.5) is 10.7 Å². The smallest absolute Gasteiger partial charge is 0.350 e. The molecule has 1 aliphatic rings. The van der Waals surface area contributed by atoms with Gasteiger partial charge in [-0.1, -0.05) is 0 Å². The van der Waals surface area contributed by atoms with Crippen molar-refractivity contribution in [2.75, 3.05) is 30.3 Å². The molecule has 2 heterocycles. The largest absolute Gasteiger partial charge is 0.462 e. The van der Waals surface area contributed by atoms with Crippen molar-refractivity contribution in [3.8, 4) is 0 Å². The topological polar surface area (TPSA) is 98.6 Å². The molecule has 0 unspecified atom stereocenters. The summed E-state index contributed by atoms with van der Waals surface area (Å²) in [5, 5.41) is 0.692. The summed E-state index contributed by atoms with van der Waals surface area (Å²) in [6.45, 7) is 3.69. The van der Waals surface area contributed by atoms with Crippen molar-refractivity contribution in [2.45, 2.75) is 26.2 Å². The van der Waals surface area contributed by atoms with Crippen molar-refractivity contribution in [2.24, 2.45) is 5.73 Å². The molecule has 6 nitrogen and oxygen atoms in total. The fraction of sp³-hybridized carbons (Fsp3) is 0.538. The third kappa shape index (κ3) is 2.72. The average molecular weight is 297 g/mol. The molecule has 1 amide bonds. The highest BCUT2D eigenvalue weighted by atomic mass is 32.1. The number of carbonyl (C=O) groups excluding carboxylic acids is 2. The van der Waals surface area contributed by atoms with E-state index in [4.69, 9.17) is 16.2 Å². The van der Waals surface area contributed by atoms with Crippen LogP contribution in [0.5, 0.6) is 0 Å². The van der Waals surface area contributed by atoms with Crippen LogP contribution in [0.2, 0.25) is 0 Å². The van der Waals surface area contributed by atoms with Gasteiger partial charge in [-0.05, 0) is 26.2 Å². The molecule has 0 spiro atoms. The zero-order valence-corrected chi connectivity index (χ0v) is 12.3. The van der Waals surface area contributed by atoms with Gasteiger partial charge < -0.3 is 21.1 Å². The minimum Gasteiger partial charge on any atom is -0.462 e. The number of esters is 1. The molecule has 4 N–H and O–H groups in total. The summed E-state index contributed by atoms with van der Waals surface area (Å²) in [5.74, 6) is -1.10. The molecule has 20 heavy (non-hydrogen) atoms. The third-order valence-corrected chi connectivity index (χ3v) is 4.52. The number of hydrogen-bond donors (Lipinski definition) is 2. The Morgan fingerprint density at radius 3 is 2.50 bits per heavy atom. The highest BCUT2D eigenvalue weighted by molar-refractivity contribution is 7.19. The lowest BCUT2D eigenvalue weighted by atomic mass is 10.1. The quantitative estimate of drug-likeness (QED) is 0.822. The second-order valence-corrected chi connectivity index (χ2v) is 5.66. The van der Waals surface area contributed by atoms with E-state index in [0.717, 1.165) is 25.9 Å². The van der Waals surface area contributed by atoms with Crippen LogP contribution in [-0.2, 0) is 4.74 Å². The normalized spacial score (nSPS) is 15.2. The lowest BCUT2D eigenvalue weighted by Gasteiger charge is -2.28. The summed E-state index contributed by atoms with van der Waals surface area (Å²) in [4.78, 5) is 25.9. The molecule has 0 aliphatic carbocycles. The molecule has 2 rings (SSSR count). The zero-order valence-electron chi connectivity index (χ0n) is 11.5. The highest BCUT2D eigenvalue weighted by Gasteiger charge is 2.28. The van der Waals surface area contributed by atoms with E-state index >= 15 is 0 Å². The second-order valence-electron chi connectivity index (χ2n) is 4.66. The van der Waals surface area contributed by atoms with Gasteiger partial charge in [0.15, 0.2) is 0 Å². The van der Waals surface area contributed by atoms with Gasteiger partial charge in [-0.15, -0.1) is 11.3 Å². The Hall–Kier alpha value is -1.76. The van der Waals surface area contributed by atoms with E-state index in [2.05, 4.69) is 4.90 Å². The molecule has 0 atom stereocenters. The van der Waals surface area contributed by atoms with Crippen LogP contribution < -0.4 is 16.4 Å². The number of thiophene rings is 1. The molecule has 0 saturated carbocycles. The number of carbonyl (C=O) groups is 2. The minimum absolute atomic E-state index is 0.140. The van der Waals surface area contributed by atoms with Crippen LogP contribution >= 0.6 is 11.3 Å². The van der Waals surface area contributed by atoms with Gasteiger partial charge in [0.25, 0.3) is 5.91 Å². The van der Waals surface area contributed by atoms with E-state index in [-0.39, 0.29) is 22.7 Å². The lowest BCUT2D eigenvalue weighted by molar-refractivity contribution is 0.0533. The SMILES string of the molecule is CCOC(=O)c1sc(N2CCCCC2)c(C(N)=O)c1N. The molecule has 7 heteroatoms. The van der Waals surface area contributed by atoms with Crippen molar-refractivity contribution >= 4 is 33.9 Å². The Bertz CT molecular complexity index is 521. The number of primary amides is 1. The molecule has 0 bridgehead atoms. The van der Waals surface area contributed by atoms with Crippen molar-refractivity contribution in [3.63, 3.8) is 0 Å². The lowest BCUT2D eigenvalue weighted by Crippen LogP contribution is -2.30. The molecule has 0 aromatic carbocycles. The Balaban J connectivity index is 2.41. The number of amides is 1. The average Bonchev–Trinajstić information content (AvgIpc) is 2.78. The summed E-state index contributed by atoms with van der Waals surface area (Å²) in [7, 11) is 0. The monoisotopic (exact) mass is 297 g/mol. The summed E-state index contributed by atoms with van der Waals surface area (Å²) in [6, 6.07) is 0. The fourth-order valence-electron chi connectivity index (χ4n) is 2.34. The molecule has 1 saturated heterocycles. The number of hydrogen-bond acceptors (Lipinski definition) is 6. The van der Waals surface area contributed by atoms with Crippen LogP contribution in [0, 0.1) is 0 Å². The predicted octanol–water partition coefficient (Wildman–Crippen LogP) is 1.60. The number of piperidine rings is 1. The maximum absolute atomic E-state index is 11.9. The number of nitrogen functional groups attached to an aromatic ring is 1. The fourth-order valence-corrected chi connectivity index (χ4v) is 3.51. The Kier molecular flexibility index (Phi) is 4.49. The Morgan fingerprint density at radius 2 is 1.95 bits per heavy atom. The van der Waals surface area contributed by atoms with Gasteiger partial charge in [-0.2, -0.15) is 0 Å². The van der Waals surface area contributed by atoms with Gasteiger partial charge in [0.2, 0.25) is 0 Å². The van der Waals surface area contributed by atoms with Crippen LogP contribution in [0.25, 0.3) is 0 Å². The number of ether oxygens (including phenoxy) is 1. The van der Waals surface area contributed by atoms with Crippen LogP contribution in [0.1, 0.15) is 46.2 Å². The summed E-state index contributed by atoms with van der Waals surface area (Å²) >= 11 is 1.19. The van der Waals surface area contributed by atoms with Gasteiger partial charge in [0.05, 0.1) is 17.9 Å². The first-order valence-electron chi connectivity index (χ1n) is 6.70. The van der Waals surface area contributed by atoms with Crippen molar-refractivity contribution < 1.29 is 14.3 Å². The maximum atomic E-state index is 11.9. The van der Waals surface area contributed by atoms with E-state index < -0.39 is 11.9 Å². The van der Waals surface area contributed by atoms with Gasteiger partial charge in [0, 0.05) is 13.1 Å². The van der Waals surface area contributed by atoms with Gasteiger partial charge in [-0.25, -0.2) is 4.79 Å². The molecule has 1 aromatic rings. The minimum atomic E-state index is -0.602. The third-order valence-electron chi connectivity index (χ3n) is 3.28. The van der Waals surface area contributed by atoms with Crippen molar-refractivity contribution in [1.29, 1.82) is 0 Å². The number of nitrogens with two attached hydrogens (primary N) is 2. The Morgan fingerprint density at radius 1 is 1.30 bits per heavy atom. The Labute approximate surface area is 121 Å². The summed E-state index contributed by atoms with van der Waals surface area (Å²) in [6.07, 6.45) is 3.30. The van der Waals surface area contributed by atoms with E-state index in [0.29, 0.717) is 5.00 Å². The number of anilines is 2. The van der Waals surface area contributed by atoms with E-state index in [1.807, 2.05) is 0 Å². The second kappa shape index (κ2) is 6.13. The first-order chi connectivity index (χ1) is 9.56. The summed E-state index contributed by atoms with van der Waals surface area (Å²) in [5.41, 5.74) is 11.7. The molecule has 1 aromatic heterocycles. The molecular weight excluding hydrogens is 278 g/mol. The molecule has 0 radical (unpaired) electrons. The highest BCUT2D eigenvalue weighted by Crippen LogP contribution is 2.39. The predicted molar refractivity (Wildman–Crippen MR) is 79.3 cm³/mol. The van der Waals surface area contributed by atoms with Gasteiger partial charge in [-0.3, -0.25) is 4.79 Å². The van der Waals surface area contributed by atoms with Crippen LogP contribution in [0.3, 0.4) is 0 Å². The number of rotatable bonds is 4. The van der Waals surface area contributed by atoms with Crippen molar-refractivity contribution in [1.82, 2.24) is 0 Å². The van der Waals surface area contributed by atoms with Crippen LogP contribution in [-0.4, -0.2) is 31.6 Å². The van der Waals surface area contributed by atoms with Gasteiger partial charge >= 0.3 is 5.97 Å². The van der Waals surface area contributed by atoms with E-state index in [1.54, 1.807) is 6.92 Å². The first-order valence-corrected chi connectivity index (χ1v) is 7.52. The van der Waals surface area contributed by atoms with E-state index in [1.165, 1.54) is 17.8 Å².